The fraction of sp³-hybridized carbons (Fsp3) is 0.176. The van der Waals surface area contributed by atoms with Crippen molar-refractivity contribution in [1.82, 2.24) is 19.7 Å². The number of alkyl halides is 3. The van der Waals surface area contributed by atoms with Crippen molar-refractivity contribution < 1.29 is 18.0 Å². The standard InChI is InChI=1S/C17H9Cl3F3N5O/c18-11-2-10(3-12(19)4-11)16(17(21,22)23)5-14(27-29-16)9-1-13(20)15(25-6-9)28-8-24-7-26-28/h1-4,6-8H,5H2. The van der Waals surface area contributed by atoms with Gasteiger partial charge in [0, 0.05) is 27.4 Å². The Bertz CT molecular complexity index is 1080. The second-order valence-corrected chi connectivity index (χ2v) is 7.44. The Morgan fingerprint density at radius 3 is 2.38 bits per heavy atom. The summed E-state index contributed by atoms with van der Waals surface area (Å²) in [4.78, 5) is 12.9. The van der Waals surface area contributed by atoms with Crippen molar-refractivity contribution in [3.05, 3.63) is 69.3 Å². The number of benzene rings is 1. The molecule has 0 radical (unpaired) electrons. The van der Waals surface area contributed by atoms with E-state index >= 15 is 0 Å². The number of hydrogen-bond acceptors (Lipinski definition) is 5. The molecule has 0 aliphatic carbocycles. The molecule has 29 heavy (non-hydrogen) atoms. The van der Waals surface area contributed by atoms with Crippen molar-refractivity contribution in [3.63, 3.8) is 0 Å². The molecule has 0 fully saturated rings. The summed E-state index contributed by atoms with van der Waals surface area (Å²) in [6, 6.07) is 5.07. The predicted octanol–water partition coefficient (Wildman–Crippen LogP) is 5.20. The van der Waals surface area contributed by atoms with Gasteiger partial charge >= 0.3 is 6.18 Å². The van der Waals surface area contributed by atoms with Crippen molar-refractivity contribution in [3.8, 4) is 5.82 Å². The smallest absolute Gasteiger partial charge is 0.374 e. The summed E-state index contributed by atoms with van der Waals surface area (Å²) >= 11 is 18.0. The molecule has 0 saturated carbocycles. The van der Waals surface area contributed by atoms with Gasteiger partial charge in [0.1, 0.15) is 12.7 Å². The zero-order chi connectivity index (χ0) is 20.8. The number of aromatic nitrogens is 4. The third-order valence-electron chi connectivity index (χ3n) is 4.31. The van der Waals surface area contributed by atoms with E-state index in [2.05, 4.69) is 20.2 Å². The molecule has 0 amide bonds. The SMILES string of the molecule is FC(F)(F)C1(c2cc(Cl)cc(Cl)c2)CC(c2cnc(-n3cncn3)c(Cl)c2)=NO1. The van der Waals surface area contributed by atoms with E-state index in [1.165, 1.54) is 35.7 Å². The number of hydrogen-bond donors (Lipinski definition) is 0. The molecule has 4 rings (SSSR count). The highest BCUT2D eigenvalue weighted by Gasteiger charge is 2.62. The largest absolute Gasteiger partial charge is 0.435 e. The lowest BCUT2D eigenvalue weighted by Gasteiger charge is -2.29. The lowest BCUT2D eigenvalue weighted by molar-refractivity contribution is -0.275. The molecular formula is C17H9Cl3F3N5O. The van der Waals surface area contributed by atoms with Gasteiger partial charge in [0.25, 0.3) is 5.60 Å². The van der Waals surface area contributed by atoms with Crippen molar-refractivity contribution in [2.24, 2.45) is 5.16 Å². The highest BCUT2D eigenvalue weighted by atomic mass is 35.5. The van der Waals surface area contributed by atoms with E-state index in [1.54, 1.807) is 0 Å². The summed E-state index contributed by atoms with van der Waals surface area (Å²) in [6.07, 6.45) is -1.36. The molecule has 1 aliphatic heterocycles. The minimum absolute atomic E-state index is 0.0259. The lowest BCUT2D eigenvalue weighted by atomic mass is 9.87. The molecule has 1 aliphatic rings. The second-order valence-electron chi connectivity index (χ2n) is 6.16. The van der Waals surface area contributed by atoms with E-state index < -0.39 is 18.2 Å². The Morgan fingerprint density at radius 1 is 1.07 bits per heavy atom. The van der Waals surface area contributed by atoms with E-state index in [4.69, 9.17) is 39.6 Å². The van der Waals surface area contributed by atoms with Gasteiger partial charge < -0.3 is 4.84 Å². The topological polar surface area (TPSA) is 65.2 Å². The first kappa shape index (κ1) is 19.9. The van der Waals surface area contributed by atoms with Crippen molar-refractivity contribution >= 4 is 40.5 Å². The Kier molecular flexibility index (Phi) is 4.92. The molecule has 12 heteroatoms. The van der Waals surface area contributed by atoms with E-state index in [1.807, 2.05) is 0 Å². The van der Waals surface area contributed by atoms with Crippen LogP contribution in [-0.2, 0) is 10.4 Å². The van der Waals surface area contributed by atoms with Crippen LogP contribution in [0, 0.1) is 0 Å². The van der Waals surface area contributed by atoms with E-state index in [-0.39, 0.29) is 37.7 Å². The molecule has 150 valence electrons. The number of nitrogens with zero attached hydrogens (tertiary/aromatic N) is 5. The zero-order valence-electron chi connectivity index (χ0n) is 14.2. The Balaban J connectivity index is 1.71. The van der Waals surface area contributed by atoms with Gasteiger partial charge in [-0.15, -0.1) is 0 Å². The molecule has 0 bridgehead atoms. The molecule has 0 N–H and O–H groups in total. The molecule has 1 unspecified atom stereocenters. The molecule has 6 nitrogen and oxygen atoms in total. The number of halogens is 6. The number of pyridine rings is 1. The predicted molar refractivity (Wildman–Crippen MR) is 101 cm³/mol. The monoisotopic (exact) mass is 461 g/mol. The Labute approximate surface area is 176 Å². The van der Waals surface area contributed by atoms with Crippen LogP contribution in [-0.4, -0.2) is 31.6 Å². The number of oxime groups is 1. The average molecular weight is 463 g/mol. The van der Waals surface area contributed by atoms with Crippen LogP contribution in [0.15, 0.2) is 48.3 Å². The first-order valence-corrected chi connectivity index (χ1v) is 9.12. The first-order chi connectivity index (χ1) is 13.7. The first-order valence-electron chi connectivity index (χ1n) is 7.99. The van der Waals surface area contributed by atoms with Gasteiger partial charge in [-0.3, -0.25) is 0 Å². The zero-order valence-corrected chi connectivity index (χ0v) is 16.4. The van der Waals surface area contributed by atoms with Crippen LogP contribution in [0.4, 0.5) is 13.2 Å². The molecule has 1 aromatic carbocycles. The maximum Gasteiger partial charge on any atom is 0.435 e. The third-order valence-corrected chi connectivity index (χ3v) is 5.02. The van der Waals surface area contributed by atoms with Crippen LogP contribution in [0.5, 0.6) is 0 Å². The van der Waals surface area contributed by atoms with Crippen LogP contribution in [0.2, 0.25) is 15.1 Å². The minimum Gasteiger partial charge on any atom is -0.374 e. The van der Waals surface area contributed by atoms with Gasteiger partial charge in [-0.25, -0.2) is 14.6 Å². The fourth-order valence-corrected chi connectivity index (χ4v) is 3.70. The summed E-state index contributed by atoms with van der Waals surface area (Å²) < 4.78 is 43.4. The molecule has 0 saturated heterocycles. The van der Waals surface area contributed by atoms with Crippen LogP contribution in [0.1, 0.15) is 17.5 Å². The van der Waals surface area contributed by atoms with Gasteiger partial charge in [-0.05, 0) is 24.3 Å². The lowest BCUT2D eigenvalue weighted by Crippen LogP contribution is -2.42. The van der Waals surface area contributed by atoms with E-state index in [9.17, 15) is 13.2 Å². The van der Waals surface area contributed by atoms with Gasteiger partial charge in [0.15, 0.2) is 5.82 Å². The van der Waals surface area contributed by atoms with Crippen molar-refractivity contribution in [1.29, 1.82) is 0 Å². The Hall–Kier alpha value is -2.36. The third kappa shape index (κ3) is 3.54. The summed E-state index contributed by atoms with van der Waals surface area (Å²) in [5.41, 5.74) is -2.68. The van der Waals surface area contributed by atoms with Gasteiger partial charge in [0.05, 0.1) is 17.2 Å². The summed E-state index contributed by atoms with van der Waals surface area (Å²) in [7, 11) is 0. The van der Waals surface area contributed by atoms with Crippen LogP contribution < -0.4 is 0 Å². The molecule has 3 heterocycles. The minimum atomic E-state index is -4.79. The van der Waals surface area contributed by atoms with E-state index in [0.717, 1.165) is 12.1 Å². The summed E-state index contributed by atoms with van der Waals surface area (Å²) in [6.45, 7) is 0. The van der Waals surface area contributed by atoms with Crippen molar-refractivity contribution in [2.45, 2.75) is 18.2 Å². The maximum absolute atomic E-state index is 14.0. The molecule has 0 spiro atoms. The van der Waals surface area contributed by atoms with Crippen LogP contribution in [0.3, 0.4) is 0 Å². The van der Waals surface area contributed by atoms with Gasteiger partial charge in [-0.1, -0.05) is 40.0 Å². The molecular weight excluding hydrogens is 454 g/mol. The summed E-state index contributed by atoms with van der Waals surface area (Å²) in [5, 5.41) is 7.85. The molecule has 2 aromatic heterocycles. The molecule has 1 atom stereocenters. The number of rotatable bonds is 3. The highest BCUT2D eigenvalue weighted by molar-refractivity contribution is 6.34. The normalized spacial score (nSPS) is 19.2. The highest BCUT2D eigenvalue weighted by Crippen LogP contribution is 2.49. The molecule has 3 aromatic rings. The van der Waals surface area contributed by atoms with Crippen LogP contribution >= 0.6 is 34.8 Å². The quantitative estimate of drug-likeness (QED) is 0.536. The second kappa shape index (κ2) is 7.16. The average Bonchev–Trinajstić information content (AvgIpc) is 3.31. The van der Waals surface area contributed by atoms with Gasteiger partial charge in [-0.2, -0.15) is 18.3 Å². The maximum atomic E-state index is 14.0. The van der Waals surface area contributed by atoms with Gasteiger partial charge in [0.2, 0.25) is 0 Å². The van der Waals surface area contributed by atoms with E-state index in [0.29, 0.717) is 0 Å². The van der Waals surface area contributed by atoms with Crippen molar-refractivity contribution in [2.75, 3.05) is 0 Å². The van der Waals surface area contributed by atoms with Crippen LogP contribution in [0.25, 0.3) is 5.82 Å². The fourth-order valence-electron chi connectivity index (χ4n) is 2.92. The Morgan fingerprint density at radius 2 is 1.79 bits per heavy atom. The summed E-state index contributed by atoms with van der Waals surface area (Å²) in [5.74, 6) is 0.274.